The van der Waals surface area contributed by atoms with E-state index < -0.39 is 21.6 Å². The Balaban J connectivity index is 2.08. The maximum absolute atomic E-state index is 13.0. The Kier molecular flexibility index (Phi) is 5.20. The summed E-state index contributed by atoms with van der Waals surface area (Å²) in [5.41, 5.74) is 0.894. The molecule has 0 unspecified atom stereocenters. The monoisotopic (exact) mass is 409 g/mol. The van der Waals surface area contributed by atoms with Crippen molar-refractivity contribution in [3.8, 4) is 11.3 Å². The lowest BCUT2D eigenvalue weighted by molar-refractivity contribution is -0.137. The van der Waals surface area contributed by atoms with Crippen molar-refractivity contribution in [2.75, 3.05) is 11.1 Å². The largest absolute Gasteiger partial charge is 0.416 e. The van der Waals surface area contributed by atoms with Crippen molar-refractivity contribution >= 4 is 21.2 Å². The third-order valence-corrected chi connectivity index (χ3v) is 5.91. The van der Waals surface area contributed by atoms with Gasteiger partial charge < -0.3 is 9.88 Å². The van der Waals surface area contributed by atoms with Crippen molar-refractivity contribution in [3.63, 3.8) is 0 Å². The highest BCUT2D eigenvalue weighted by molar-refractivity contribution is 7.91. The molecule has 0 bridgehead atoms. The molecular formula is C19H18F3N3O2S. The molecule has 2 aromatic carbocycles. The van der Waals surface area contributed by atoms with Gasteiger partial charge in [0.15, 0.2) is 9.84 Å². The predicted octanol–water partition coefficient (Wildman–Crippen LogP) is 4.64. The van der Waals surface area contributed by atoms with Crippen LogP contribution in [0.25, 0.3) is 11.3 Å². The van der Waals surface area contributed by atoms with Crippen LogP contribution in [0.4, 0.5) is 24.5 Å². The Morgan fingerprint density at radius 1 is 1.14 bits per heavy atom. The number of benzene rings is 2. The summed E-state index contributed by atoms with van der Waals surface area (Å²) in [6, 6.07) is 9.25. The molecule has 3 rings (SSSR count). The van der Waals surface area contributed by atoms with Crippen LogP contribution in [0.5, 0.6) is 0 Å². The first-order chi connectivity index (χ1) is 13.1. The molecule has 0 aliphatic rings. The van der Waals surface area contributed by atoms with E-state index >= 15 is 0 Å². The molecular weight excluding hydrogens is 391 g/mol. The van der Waals surface area contributed by atoms with Crippen molar-refractivity contribution < 1.29 is 21.6 Å². The average Bonchev–Trinajstić information content (AvgIpc) is 3.07. The lowest BCUT2D eigenvalue weighted by Crippen LogP contribution is -2.06. The van der Waals surface area contributed by atoms with Gasteiger partial charge in [-0.25, -0.2) is 13.4 Å². The van der Waals surface area contributed by atoms with Crippen LogP contribution < -0.4 is 5.32 Å². The minimum absolute atomic E-state index is 0.0605. The molecule has 1 aromatic heterocycles. The number of anilines is 2. The number of hydrogen-bond acceptors (Lipinski definition) is 4. The number of imidazole rings is 1. The molecule has 1 heterocycles. The van der Waals surface area contributed by atoms with Crippen LogP contribution in [-0.4, -0.2) is 23.7 Å². The fraction of sp³-hybridized carbons (Fsp3) is 0.211. The normalized spacial score (nSPS) is 12.2. The van der Waals surface area contributed by atoms with Gasteiger partial charge in [-0.15, -0.1) is 0 Å². The molecule has 5 nitrogen and oxygen atoms in total. The lowest BCUT2D eigenvalue weighted by Gasteiger charge is -2.14. The van der Waals surface area contributed by atoms with Gasteiger partial charge in [-0.1, -0.05) is 13.0 Å². The lowest BCUT2D eigenvalue weighted by atomic mass is 10.1. The Bertz CT molecular complexity index is 1110. The van der Waals surface area contributed by atoms with Gasteiger partial charge in [0.25, 0.3) is 0 Å². The molecule has 0 saturated carbocycles. The summed E-state index contributed by atoms with van der Waals surface area (Å²) in [6.45, 7) is 1.55. The number of alkyl halides is 3. The summed E-state index contributed by atoms with van der Waals surface area (Å²) in [5.74, 6) is -0.0605. The van der Waals surface area contributed by atoms with E-state index in [1.54, 1.807) is 31.1 Å². The molecule has 0 aliphatic carbocycles. The Morgan fingerprint density at radius 2 is 1.89 bits per heavy atom. The third kappa shape index (κ3) is 4.19. The van der Waals surface area contributed by atoms with Gasteiger partial charge in [0.05, 0.1) is 28.2 Å². The number of nitrogens with zero attached hydrogens (tertiary/aromatic N) is 2. The summed E-state index contributed by atoms with van der Waals surface area (Å²) in [4.78, 5) is 4.37. The quantitative estimate of drug-likeness (QED) is 0.667. The average molecular weight is 409 g/mol. The standard InChI is InChI=1S/C19H18F3N3O2S/c1-3-28(26,27)15-7-8-17(16(10-15)18-11-25(2)12-23-18)24-14-6-4-5-13(9-14)19(20,21)22/h4-12,24H,3H2,1-2H3. The highest BCUT2D eigenvalue weighted by atomic mass is 32.2. The zero-order chi connectivity index (χ0) is 20.5. The minimum Gasteiger partial charge on any atom is -0.355 e. The molecule has 1 N–H and O–H groups in total. The SMILES string of the molecule is CCS(=O)(=O)c1ccc(Nc2cccc(C(F)(F)F)c2)c(-c2cn(C)cn2)c1. The highest BCUT2D eigenvalue weighted by Crippen LogP contribution is 2.34. The molecule has 28 heavy (non-hydrogen) atoms. The van der Waals surface area contributed by atoms with Crippen LogP contribution in [0.1, 0.15) is 12.5 Å². The van der Waals surface area contributed by atoms with Crippen LogP contribution in [0.3, 0.4) is 0 Å². The van der Waals surface area contributed by atoms with Gasteiger partial charge in [0.2, 0.25) is 0 Å². The van der Waals surface area contributed by atoms with Crippen LogP contribution in [0, 0.1) is 0 Å². The van der Waals surface area contributed by atoms with E-state index in [2.05, 4.69) is 10.3 Å². The van der Waals surface area contributed by atoms with Crippen molar-refractivity contribution in [2.45, 2.75) is 18.0 Å². The van der Waals surface area contributed by atoms with Gasteiger partial charge in [-0.05, 0) is 36.4 Å². The van der Waals surface area contributed by atoms with Crippen molar-refractivity contribution in [3.05, 3.63) is 60.6 Å². The number of hydrogen-bond donors (Lipinski definition) is 1. The number of aromatic nitrogens is 2. The molecule has 3 aromatic rings. The van der Waals surface area contributed by atoms with Gasteiger partial charge >= 0.3 is 6.18 Å². The number of rotatable bonds is 5. The van der Waals surface area contributed by atoms with E-state index in [0.29, 0.717) is 16.9 Å². The maximum atomic E-state index is 13.0. The number of halogens is 3. The second kappa shape index (κ2) is 7.31. The highest BCUT2D eigenvalue weighted by Gasteiger charge is 2.30. The summed E-state index contributed by atoms with van der Waals surface area (Å²) in [7, 11) is -1.68. The van der Waals surface area contributed by atoms with Crippen LogP contribution in [0.2, 0.25) is 0 Å². The molecule has 0 amide bonds. The first-order valence-corrected chi connectivity index (χ1v) is 10.0. The summed E-state index contributed by atoms with van der Waals surface area (Å²) >= 11 is 0. The fourth-order valence-electron chi connectivity index (χ4n) is 2.69. The Labute approximate surface area is 160 Å². The molecule has 0 spiro atoms. The predicted molar refractivity (Wildman–Crippen MR) is 101 cm³/mol. The molecule has 0 radical (unpaired) electrons. The number of sulfone groups is 1. The fourth-order valence-corrected chi connectivity index (χ4v) is 3.59. The summed E-state index contributed by atoms with van der Waals surface area (Å²) in [6.07, 6.45) is -1.19. The van der Waals surface area contributed by atoms with Gasteiger partial charge in [-0.2, -0.15) is 13.2 Å². The smallest absolute Gasteiger partial charge is 0.355 e. The van der Waals surface area contributed by atoms with Crippen LogP contribution in [0.15, 0.2) is 59.9 Å². The zero-order valence-corrected chi connectivity index (χ0v) is 16.0. The van der Waals surface area contributed by atoms with E-state index in [1.807, 2.05) is 0 Å². The molecule has 0 atom stereocenters. The second-order valence-corrected chi connectivity index (χ2v) is 8.52. The van der Waals surface area contributed by atoms with Crippen LogP contribution >= 0.6 is 0 Å². The van der Waals surface area contributed by atoms with Crippen molar-refractivity contribution in [1.82, 2.24) is 9.55 Å². The van der Waals surface area contributed by atoms with Gasteiger partial charge in [0.1, 0.15) is 0 Å². The second-order valence-electron chi connectivity index (χ2n) is 6.24. The third-order valence-electron chi connectivity index (χ3n) is 4.18. The Morgan fingerprint density at radius 3 is 2.50 bits per heavy atom. The molecule has 0 aliphatic heterocycles. The van der Waals surface area contributed by atoms with Gasteiger partial charge in [0, 0.05) is 30.2 Å². The number of aryl methyl sites for hydroxylation is 1. The molecule has 148 valence electrons. The topological polar surface area (TPSA) is 64.0 Å². The Hall–Kier alpha value is -2.81. The summed E-state index contributed by atoms with van der Waals surface area (Å²) < 4.78 is 65.1. The van der Waals surface area contributed by atoms with Crippen molar-refractivity contribution in [1.29, 1.82) is 0 Å². The zero-order valence-electron chi connectivity index (χ0n) is 15.2. The van der Waals surface area contributed by atoms with Gasteiger partial charge in [-0.3, -0.25) is 0 Å². The first-order valence-electron chi connectivity index (χ1n) is 8.39. The molecule has 0 fully saturated rings. The number of nitrogens with one attached hydrogen (secondary N) is 1. The van der Waals surface area contributed by atoms with Crippen molar-refractivity contribution in [2.24, 2.45) is 7.05 Å². The van der Waals surface area contributed by atoms with Crippen LogP contribution in [-0.2, 0) is 23.1 Å². The molecule has 9 heteroatoms. The van der Waals surface area contributed by atoms with E-state index in [0.717, 1.165) is 12.1 Å². The van der Waals surface area contributed by atoms with E-state index in [1.165, 1.54) is 30.3 Å². The first kappa shape index (κ1) is 19.9. The maximum Gasteiger partial charge on any atom is 0.416 e. The van der Waals surface area contributed by atoms with E-state index in [9.17, 15) is 21.6 Å². The summed E-state index contributed by atoms with van der Waals surface area (Å²) in [5, 5.41) is 2.95. The van der Waals surface area contributed by atoms with E-state index in [4.69, 9.17) is 0 Å². The molecule has 0 saturated heterocycles. The van der Waals surface area contributed by atoms with E-state index in [-0.39, 0.29) is 16.3 Å². The minimum atomic E-state index is -4.46.